The Morgan fingerprint density at radius 1 is 0.566 bits per heavy atom. The van der Waals surface area contributed by atoms with Gasteiger partial charge in [-0.05, 0) is 47.9 Å². The highest BCUT2D eigenvalue weighted by atomic mass is 16.7. The molecule has 0 fully saturated rings. The van der Waals surface area contributed by atoms with Crippen LogP contribution in [0.1, 0.15) is 158 Å². The number of carboxylic acid groups (broad SMARTS) is 1. The SMILES string of the molecule is C=C(COCCCCCCOC(c1ccccc1)(c1ccccc1)c1ccccc1)C(CCCCCCCCCCCCCCCCCC)OC(=O)O. The summed E-state index contributed by atoms with van der Waals surface area (Å²) in [4.78, 5) is 11.4. The molecule has 292 valence electrons. The molecule has 0 saturated heterocycles. The maximum Gasteiger partial charge on any atom is 0.506 e. The van der Waals surface area contributed by atoms with E-state index >= 15 is 0 Å². The third kappa shape index (κ3) is 17.5. The Balaban J connectivity index is 1.27. The summed E-state index contributed by atoms with van der Waals surface area (Å²) in [6.45, 7) is 7.97. The third-order valence-electron chi connectivity index (χ3n) is 10.3. The van der Waals surface area contributed by atoms with Gasteiger partial charge in [-0.25, -0.2) is 4.79 Å². The van der Waals surface area contributed by atoms with Crippen molar-refractivity contribution in [2.45, 2.75) is 153 Å². The van der Waals surface area contributed by atoms with Crippen LogP contribution in [0.2, 0.25) is 0 Å². The minimum atomic E-state index is -1.24. The summed E-state index contributed by atoms with van der Waals surface area (Å²) in [5, 5.41) is 9.31. The van der Waals surface area contributed by atoms with Crippen molar-refractivity contribution in [3.05, 3.63) is 120 Å². The van der Waals surface area contributed by atoms with Crippen molar-refractivity contribution in [2.24, 2.45) is 0 Å². The Hall–Kier alpha value is -3.41. The molecule has 0 aromatic heterocycles. The van der Waals surface area contributed by atoms with Crippen molar-refractivity contribution < 1.29 is 24.1 Å². The number of benzene rings is 3. The number of hydrogen-bond acceptors (Lipinski definition) is 4. The summed E-state index contributed by atoms with van der Waals surface area (Å²) < 4.78 is 18.0. The van der Waals surface area contributed by atoms with Crippen LogP contribution >= 0.6 is 0 Å². The van der Waals surface area contributed by atoms with E-state index in [1.54, 1.807) is 0 Å². The van der Waals surface area contributed by atoms with Crippen LogP contribution in [0.4, 0.5) is 4.79 Å². The second-order valence-corrected chi connectivity index (χ2v) is 14.7. The highest BCUT2D eigenvalue weighted by molar-refractivity contribution is 5.57. The average Bonchev–Trinajstić information content (AvgIpc) is 3.19. The van der Waals surface area contributed by atoms with Gasteiger partial charge >= 0.3 is 6.16 Å². The van der Waals surface area contributed by atoms with Crippen LogP contribution < -0.4 is 0 Å². The lowest BCUT2D eigenvalue weighted by Crippen LogP contribution is -2.33. The Kier molecular flexibility index (Phi) is 23.3. The van der Waals surface area contributed by atoms with E-state index in [4.69, 9.17) is 14.2 Å². The van der Waals surface area contributed by atoms with Gasteiger partial charge in [-0.1, -0.05) is 214 Å². The van der Waals surface area contributed by atoms with E-state index in [1.165, 1.54) is 89.9 Å². The van der Waals surface area contributed by atoms with Gasteiger partial charge in [0.05, 0.1) is 6.61 Å². The average molecular weight is 727 g/mol. The fourth-order valence-corrected chi connectivity index (χ4v) is 7.30. The molecule has 5 heteroatoms. The maximum absolute atomic E-state index is 11.4. The molecule has 3 aromatic carbocycles. The lowest BCUT2D eigenvalue weighted by atomic mass is 9.80. The minimum absolute atomic E-state index is 0.327. The molecule has 0 aliphatic heterocycles. The molecule has 0 aliphatic carbocycles. The molecule has 1 atom stereocenters. The summed E-state index contributed by atoms with van der Waals surface area (Å²) in [5.41, 5.74) is 3.37. The van der Waals surface area contributed by atoms with Crippen LogP contribution in [0, 0.1) is 0 Å². The van der Waals surface area contributed by atoms with Crippen molar-refractivity contribution in [1.82, 2.24) is 0 Å². The van der Waals surface area contributed by atoms with Crippen LogP contribution in [0.15, 0.2) is 103 Å². The third-order valence-corrected chi connectivity index (χ3v) is 10.3. The number of carbonyl (C=O) groups is 1. The van der Waals surface area contributed by atoms with Gasteiger partial charge in [-0.15, -0.1) is 0 Å². The molecule has 0 spiro atoms. The smallest absolute Gasteiger partial charge is 0.450 e. The molecule has 3 aromatic rings. The number of hydrogen-bond donors (Lipinski definition) is 1. The Morgan fingerprint density at radius 3 is 1.36 bits per heavy atom. The maximum atomic E-state index is 11.4. The topological polar surface area (TPSA) is 65.0 Å². The summed E-state index contributed by atoms with van der Waals surface area (Å²) in [7, 11) is 0. The molecular formula is C48H70O5. The predicted octanol–water partition coefficient (Wildman–Crippen LogP) is 13.8. The highest BCUT2D eigenvalue weighted by Gasteiger charge is 2.37. The molecule has 0 aliphatic rings. The van der Waals surface area contributed by atoms with Gasteiger partial charge in [0.25, 0.3) is 0 Å². The molecule has 0 heterocycles. The first-order chi connectivity index (χ1) is 26.1. The van der Waals surface area contributed by atoms with E-state index < -0.39 is 17.9 Å². The number of ether oxygens (including phenoxy) is 3. The van der Waals surface area contributed by atoms with Gasteiger partial charge in [0.2, 0.25) is 0 Å². The molecule has 3 rings (SSSR count). The highest BCUT2D eigenvalue weighted by Crippen LogP contribution is 2.40. The molecule has 0 radical (unpaired) electrons. The fraction of sp³-hybridized carbons (Fsp3) is 0.562. The predicted molar refractivity (Wildman–Crippen MR) is 221 cm³/mol. The lowest BCUT2D eigenvalue weighted by molar-refractivity contribution is 0.0104. The zero-order chi connectivity index (χ0) is 37.7. The number of unbranched alkanes of at least 4 members (excludes halogenated alkanes) is 18. The zero-order valence-corrected chi connectivity index (χ0v) is 33.0. The van der Waals surface area contributed by atoms with E-state index in [-0.39, 0.29) is 0 Å². The van der Waals surface area contributed by atoms with Gasteiger partial charge in [-0.2, -0.15) is 0 Å². The largest absolute Gasteiger partial charge is 0.506 e. The standard InChI is InChI=1S/C48H70O5/c1-3-4-5-6-7-8-9-10-11-12-13-14-15-16-17-29-38-46(53-47(49)50)42(2)41-51-39-30-18-19-31-40-52-48(43-32-23-20-24-33-43,44-34-25-21-26-35-44)45-36-27-22-28-37-45/h20-28,32-37,46H,2-19,29-31,38-41H2,1H3,(H,49,50). The van der Waals surface area contributed by atoms with Crippen LogP contribution in [0.3, 0.4) is 0 Å². The summed E-state index contributed by atoms with van der Waals surface area (Å²) in [6.07, 6.45) is 23.9. The molecule has 0 saturated carbocycles. The lowest BCUT2D eigenvalue weighted by Gasteiger charge is -2.36. The fourth-order valence-electron chi connectivity index (χ4n) is 7.30. The normalized spacial score (nSPS) is 12.1. The summed E-state index contributed by atoms with van der Waals surface area (Å²) >= 11 is 0. The molecule has 0 bridgehead atoms. The van der Waals surface area contributed by atoms with E-state index in [1.807, 2.05) is 18.2 Å². The van der Waals surface area contributed by atoms with Crippen LogP contribution in [0.5, 0.6) is 0 Å². The zero-order valence-electron chi connectivity index (χ0n) is 33.0. The second-order valence-electron chi connectivity index (χ2n) is 14.7. The van der Waals surface area contributed by atoms with Crippen LogP contribution in [-0.2, 0) is 19.8 Å². The van der Waals surface area contributed by atoms with E-state index in [0.717, 1.165) is 55.2 Å². The van der Waals surface area contributed by atoms with Gasteiger partial charge in [-0.3, -0.25) is 0 Å². The molecule has 1 N–H and O–H groups in total. The Bertz CT molecular complexity index is 1230. The molecule has 5 nitrogen and oxygen atoms in total. The van der Waals surface area contributed by atoms with Gasteiger partial charge in [0, 0.05) is 13.2 Å². The van der Waals surface area contributed by atoms with Crippen molar-refractivity contribution in [3.63, 3.8) is 0 Å². The Labute approximate surface area is 322 Å². The van der Waals surface area contributed by atoms with Crippen molar-refractivity contribution >= 4 is 6.16 Å². The van der Waals surface area contributed by atoms with Gasteiger partial charge in [0.15, 0.2) is 0 Å². The molecule has 1 unspecified atom stereocenters. The van der Waals surface area contributed by atoms with Crippen molar-refractivity contribution in [1.29, 1.82) is 0 Å². The van der Waals surface area contributed by atoms with E-state index in [2.05, 4.69) is 86.3 Å². The second kappa shape index (κ2) is 28.1. The first-order valence-electron chi connectivity index (χ1n) is 21.0. The van der Waals surface area contributed by atoms with Crippen molar-refractivity contribution in [3.8, 4) is 0 Å². The summed E-state index contributed by atoms with van der Waals surface area (Å²) in [5.74, 6) is 0. The summed E-state index contributed by atoms with van der Waals surface area (Å²) in [6, 6.07) is 31.5. The first kappa shape index (κ1) is 44.0. The van der Waals surface area contributed by atoms with Gasteiger partial charge in [0.1, 0.15) is 11.7 Å². The van der Waals surface area contributed by atoms with Crippen LogP contribution in [0.25, 0.3) is 0 Å². The Morgan fingerprint density at radius 2 is 0.943 bits per heavy atom. The van der Waals surface area contributed by atoms with Crippen molar-refractivity contribution in [2.75, 3.05) is 19.8 Å². The minimum Gasteiger partial charge on any atom is -0.450 e. The first-order valence-corrected chi connectivity index (χ1v) is 21.0. The quantitative estimate of drug-likeness (QED) is 0.0300. The van der Waals surface area contributed by atoms with Crippen LogP contribution in [-0.4, -0.2) is 37.2 Å². The van der Waals surface area contributed by atoms with Gasteiger partial charge < -0.3 is 19.3 Å². The molecular weight excluding hydrogens is 657 g/mol. The molecule has 0 amide bonds. The van der Waals surface area contributed by atoms with E-state index in [9.17, 15) is 9.90 Å². The number of rotatable bonds is 32. The molecule has 53 heavy (non-hydrogen) atoms. The van der Waals surface area contributed by atoms with E-state index in [0.29, 0.717) is 31.8 Å². The monoisotopic (exact) mass is 727 g/mol.